The van der Waals surface area contributed by atoms with Crippen LogP contribution in [0.4, 0.5) is 0 Å². The van der Waals surface area contributed by atoms with Crippen molar-refractivity contribution in [3.63, 3.8) is 0 Å². The van der Waals surface area contributed by atoms with E-state index in [1.807, 2.05) is 13.8 Å². The molecule has 0 aromatic rings. The van der Waals surface area contributed by atoms with E-state index in [1.165, 1.54) is 19.8 Å². The number of unbranched alkanes of at least 4 members (excludes halogenated alkanes) is 2. The first-order valence-electron chi connectivity index (χ1n) is 7.54. The molecule has 1 atom stereocenters. The molecule has 0 aromatic carbocycles. The van der Waals surface area contributed by atoms with Crippen molar-refractivity contribution in [1.29, 1.82) is 0 Å². The van der Waals surface area contributed by atoms with Crippen LogP contribution in [0.5, 0.6) is 0 Å². The molecular formula is C15H30O4. The molecule has 114 valence electrons. The van der Waals surface area contributed by atoms with E-state index in [0.717, 1.165) is 25.7 Å². The van der Waals surface area contributed by atoms with Crippen LogP contribution in [0, 0.1) is 0 Å². The van der Waals surface area contributed by atoms with E-state index in [1.54, 1.807) is 0 Å². The first-order valence-corrected chi connectivity index (χ1v) is 7.54. The maximum absolute atomic E-state index is 11.1. The zero-order valence-electron chi connectivity index (χ0n) is 12.9. The summed E-state index contributed by atoms with van der Waals surface area (Å²) in [5.41, 5.74) is 0. The van der Waals surface area contributed by atoms with Gasteiger partial charge in [-0.15, -0.1) is 0 Å². The average molecular weight is 274 g/mol. The molecule has 4 nitrogen and oxygen atoms in total. The molecular weight excluding hydrogens is 244 g/mol. The Morgan fingerprint density at radius 3 is 2.05 bits per heavy atom. The number of carbonyl (C=O) groups is 1. The van der Waals surface area contributed by atoms with Gasteiger partial charge in [0.25, 0.3) is 0 Å². The van der Waals surface area contributed by atoms with Gasteiger partial charge in [-0.2, -0.15) is 0 Å². The average Bonchev–Trinajstić information content (AvgIpc) is 2.35. The van der Waals surface area contributed by atoms with Crippen LogP contribution in [0.15, 0.2) is 0 Å². The van der Waals surface area contributed by atoms with E-state index in [0.29, 0.717) is 13.2 Å². The third-order valence-electron chi connectivity index (χ3n) is 2.89. The van der Waals surface area contributed by atoms with E-state index in [4.69, 9.17) is 14.2 Å². The number of rotatable bonds is 12. The summed E-state index contributed by atoms with van der Waals surface area (Å²) in [6.45, 7) is 8.82. The molecule has 0 aliphatic heterocycles. The summed E-state index contributed by atoms with van der Waals surface area (Å²) in [6, 6.07) is 0. The molecule has 0 bridgehead atoms. The maximum Gasteiger partial charge on any atom is 0.302 e. The Kier molecular flexibility index (Phi) is 12.0. The summed E-state index contributed by atoms with van der Waals surface area (Å²) in [5.74, 6) is -0.203. The van der Waals surface area contributed by atoms with Crippen molar-refractivity contribution in [1.82, 2.24) is 0 Å². The fourth-order valence-electron chi connectivity index (χ4n) is 2.03. The van der Waals surface area contributed by atoms with Crippen LogP contribution in [-0.4, -0.2) is 31.6 Å². The molecule has 0 amide bonds. The lowest BCUT2D eigenvalue weighted by Crippen LogP contribution is -2.22. The van der Waals surface area contributed by atoms with Crippen molar-refractivity contribution in [2.75, 3.05) is 13.2 Å². The molecule has 0 aliphatic rings. The van der Waals surface area contributed by atoms with Gasteiger partial charge in [0.15, 0.2) is 6.29 Å². The van der Waals surface area contributed by atoms with E-state index in [-0.39, 0.29) is 18.4 Å². The van der Waals surface area contributed by atoms with Crippen molar-refractivity contribution >= 4 is 5.97 Å². The van der Waals surface area contributed by atoms with Crippen LogP contribution < -0.4 is 0 Å². The van der Waals surface area contributed by atoms with Crippen LogP contribution in [0.3, 0.4) is 0 Å². The standard InChI is InChI=1S/C15H30O4/c1-5-8-9-10-14(19-13(4)16)11-12-15(17-6-2)18-7-3/h14-15H,5-12H2,1-4H3/t14-/m0/s1. The van der Waals surface area contributed by atoms with Gasteiger partial charge in [-0.05, 0) is 33.1 Å². The number of esters is 1. The summed E-state index contributed by atoms with van der Waals surface area (Å²) in [6.07, 6.45) is 5.76. The van der Waals surface area contributed by atoms with Gasteiger partial charge < -0.3 is 14.2 Å². The Morgan fingerprint density at radius 2 is 1.58 bits per heavy atom. The lowest BCUT2D eigenvalue weighted by Gasteiger charge is -2.21. The van der Waals surface area contributed by atoms with Crippen molar-refractivity contribution < 1.29 is 19.0 Å². The SMILES string of the molecule is CCCCC[C@@H](CCC(OCC)OCC)OC(C)=O. The van der Waals surface area contributed by atoms with Gasteiger partial charge in [0, 0.05) is 26.6 Å². The Labute approximate surface area is 117 Å². The summed E-state index contributed by atoms with van der Waals surface area (Å²) >= 11 is 0. The normalized spacial score (nSPS) is 12.7. The number of ether oxygens (including phenoxy) is 3. The highest BCUT2D eigenvalue weighted by atomic mass is 16.7. The maximum atomic E-state index is 11.1. The van der Waals surface area contributed by atoms with Crippen LogP contribution in [0.25, 0.3) is 0 Å². The van der Waals surface area contributed by atoms with Gasteiger partial charge in [0.05, 0.1) is 0 Å². The van der Waals surface area contributed by atoms with Crippen LogP contribution in [-0.2, 0) is 19.0 Å². The molecule has 0 radical (unpaired) electrons. The highest BCUT2D eigenvalue weighted by Gasteiger charge is 2.16. The van der Waals surface area contributed by atoms with Gasteiger partial charge in [-0.25, -0.2) is 0 Å². The molecule has 0 aromatic heterocycles. The largest absolute Gasteiger partial charge is 0.463 e. The van der Waals surface area contributed by atoms with Crippen molar-refractivity contribution in [2.45, 2.75) is 78.6 Å². The number of carbonyl (C=O) groups excluding carboxylic acids is 1. The molecule has 0 unspecified atom stereocenters. The Morgan fingerprint density at radius 1 is 0.947 bits per heavy atom. The number of hydrogen-bond acceptors (Lipinski definition) is 4. The highest BCUT2D eigenvalue weighted by Crippen LogP contribution is 2.15. The fraction of sp³-hybridized carbons (Fsp3) is 0.933. The predicted molar refractivity (Wildman–Crippen MR) is 76.0 cm³/mol. The van der Waals surface area contributed by atoms with Crippen molar-refractivity contribution in [3.8, 4) is 0 Å². The monoisotopic (exact) mass is 274 g/mol. The van der Waals surface area contributed by atoms with Crippen molar-refractivity contribution in [3.05, 3.63) is 0 Å². The Hall–Kier alpha value is -0.610. The molecule has 0 rings (SSSR count). The van der Waals surface area contributed by atoms with E-state index in [2.05, 4.69) is 6.92 Å². The number of hydrogen-bond donors (Lipinski definition) is 0. The molecule has 0 spiro atoms. The van der Waals surface area contributed by atoms with Gasteiger partial charge in [-0.1, -0.05) is 19.8 Å². The summed E-state index contributed by atoms with van der Waals surface area (Å²) in [7, 11) is 0. The molecule has 19 heavy (non-hydrogen) atoms. The fourth-order valence-corrected chi connectivity index (χ4v) is 2.03. The first-order chi connectivity index (χ1) is 9.13. The third kappa shape index (κ3) is 11.0. The predicted octanol–water partition coefficient (Wildman–Crippen LogP) is 3.68. The second-order valence-corrected chi connectivity index (χ2v) is 4.64. The van der Waals surface area contributed by atoms with E-state index >= 15 is 0 Å². The van der Waals surface area contributed by atoms with E-state index in [9.17, 15) is 4.79 Å². The lowest BCUT2D eigenvalue weighted by molar-refractivity contribution is -0.155. The van der Waals surface area contributed by atoms with Gasteiger partial charge in [0.2, 0.25) is 0 Å². The van der Waals surface area contributed by atoms with Crippen LogP contribution >= 0.6 is 0 Å². The Bertz CT molecular complexity index is 212. The molecule has 0 fully saturated rings. The molecule has 4 heteroatoms. The zero-order valence-corrected chi connectivity index (χ0v) is 12.9. The second-order valence-electron chi connectivity index (χ2n) is 4.64. The van der Waals surface area contributed by atoms with Crippen molar-refractivity contribution in [2.24, 2.45) is 0 Å². The summed E-state index contributed by atoms with van der Waals surface area (Å²) in [4.78, 5) is 11.1. The first kappa shape index (κ1) is 18.4. The smallest absolute Gasteiger partial charge is 0.302 e. The van der Waals surface area contributed by atoms with Gasteiger partial charge in [0.1, 0.15) is 6.10 Å². The minimum absolute atomic E-state index is 0.00698. The topological polar surface area (TPSA) is 44.8 Å². The molecule has 0 heterocycles. The third-order valence-corrected chi connectivity index (χ3v) is 2.89. The lowest BCUT2D eigenvalue weighted by atomic mass is 10.1. The minimum Gasteiger partial charge on any atom is -0.463 e. The minimum atomic E-state index is -0.203. The van der Waals surface area contributed by atoms with E-state index < -0.39 is 0 Å². The van der Waals surface area contributed by atoms with Crippen LogP contribution in [0.1, 0.15) is 66.2 Å². The van der Waals surface area contributed by atoms with Crippen LogP contribution in [0.2, 0.25) is 0 Å². The molecule has 0 saturated heterocycles. The quantitative estimate of drug-likeness (QED) is 0.309. The summed E-state index contributed by atoms with van der Waals surface area (Å²) in [5, 5.41) is 0. The second kappa shape index (κ2) is 12.4. The molecule has 0 saturated carbocycles. The highest BCUT2D eigenvalue weighted by molar-refractivity contribution is 5.66. The zero-order chi connectivity index (χ0) is 14.5. The Balaban J connectivity index is 4.08. The molecule has 0 aliphatic carbocycles. The molecule has 0 N–H and O–H groups in total. The van der Waals surface area contributed by atoms with Gasteiger partial charge in [-0.3, -0.25) is 4.79 Å². The summed E-state index contributed by atoms with van der Waals surface area (Å²) < 4.78 is 16.4. The van der Waals surface area contributed by atoms with Gasteiger partial charge >= 0.3 is 5.97 Å².